The van der Waals surface area contributed by atoms with Gasteiger partial charge in [0, 0.05) is 0 Å². The van der Waals surface area contributed by atoms with Gasteiger partial charge in [-0.3, -0.25) is 14.8 Å². The number of hydrogen-bond acceptors (Lipinski definition) is 3. The van der Waals surface area contributed by atoms with Gasteiger partial charge < -0.3 is 0 Å². The first-order valence-corrected chi connectivity index (χ1v) is 2.63. The molecule has 1 rings (SSSR count). The second-order valence-electron chi connectivity index (χ2n) is 1.09. The highest BCUT2D eigenvalue weighted by Crippen LogP contribution is 1.89. The third-order valence-electron chi connectivity index (χ3n) is 0.515. The molecule has 0 bridgehead atoms. The van der Waals surface area contributed by atoms with E-state index in [-0.39, 0.29) is 0 Å². The molecule has 0 aromatic rings. The van der Waals surface area contributed by atoms with E-state index in [0.717, 1.165) is 12.1 Å². The molecule has 0 aromatic heterocycles. The van der Waals surface area contributed by atoms with Gasteiger partial charge in [0.2, 0.25) is 0 Å². The molecule has 1 saturated heterocycles. The van der Waals surface area contributed by atoms with Crippen molar-refractivity contribution in [3.8, 4) is 0 Å². The molecule has 1 aliphatic rings. The van der Waals surface area contributed by atoms with Crippen molar-refractivity contribution >= 4 is 24.2 Å². The van der Waals surface area contributed by atoms with E-state index < -0.39 is 12.1 Å². The number of amides is 4. The largest absolute Gasteiger partial charge is 0.334 e. The van der Waals surface area contributed by atoms with Crippen molar-refractivity contribution in [3.63, 3.8) is 0 Å². The minimum Gasteiger partial charge on any atom is -0.263 e. The molecule has 6 heteroatoms. The maximum atomic E-state index is 10.2. The Morgan fingerprint density at radius 2 is 1.62 bits per heavy atom. The van der Waals surface area contributed by atoms with Gasteiger partial charge in [-0.15, -0.1) is 0 Å². The predicted molar refractivity (Wildman–Crippen MR) is 27.8 cm³/mol. The lowest BCUT2D eigenvalue weighted by atomic mass is 10.9. The number of imide groups is 1. The molecule has 5 nitrogen and oxygen atoms in total. The van der Waals surface area contributed by atoms with E-state index in [9.17, 15) is 9.59 Å². The summed E-state index contributed by atoms with van der Waals surface area (Å²) in [6, 6.07) is -0.975. The highest BCUT2D eigenvalue weighted by atomic mass is 32.2. The number of urea groups is 2. The van der Waals surface area contributed by atoms with E-state index in [1.807, 2.05) is 5.32 Å². The summed E-state index contributed by atoms with van der Waals surface area (Å²) in [6.07, 6.45) is 0. The molecule has 0 unspecified atom stereocenters. The van der Waals surface area contributed by atoms with Gasteiger partial charge in [-0.05, 0) is 0 Å². The van der Waals surface area contributed by atoms with E-state index in [2.05, 4.69) is 9.44 Å². The molecule has 0 spiro atoms. The van der Waals surface area contributed by atoms with Gasteiger partial charge in [0.1, 0.15) is 0 Å². The monoisotopic (exact) mass is 133 g/mol. The van der Waals surface area contributed by atoms with Crippen molar-refractivity contribution in [1.29, 1.82) is 0 Å². The van der Waals surface area contributed by atoms with Gasteiger partial charge in [0.05, 0.1) is 12.1 Å². The Kier molecular flexibility index (Phi) is 1.25. The third kappa shape index (κ3) is 1.03. The first kappa shape index (κ1) is 5.23. The molecule has 1 heterocycles. The van der Waals surface area contributed by atoms with E-state index in [1.165, 1.54) is 0 Å². The number of rotatable bonds is 0. The summed E-state index contributed by atoms with van der Waals surface area (Å²) in [6.45, 7) is 0. The van der Waals surface area contributed by atoms with Crippen LogP contribution in [0, 0.1) is 0 Å². The van der Waals surface area contributed by atoms with Crippen LogP contribution >= 0.6 is 12.1 Å². The Balaban J connectivity index is 2.45. The molecule has 1 fully saturated rings. The van der Waals surface area contributed by atoms with Crippen LogP contribution in [0.3, 0.4) is 0 Å². The molecule has 0 radical (unpaired) electrons. The number of hydrogen-bond donors (Lipinski definition) is 3. The average Bonchev–Trinajstić information content (AvgIpc) is 1.64. The first-order valence-electron chi connectivity index (χ1n) is 1.82. The number of nitrogens with one attached hydrogen (secondary N) is 3. The Bertz CT molecular complexity index is 121. The summed E-state index contributed by atoms with van der Waals surface area (Å²) in [5.41, 5.74) is 0. The van der Waals surface area contributed by atoms with Crippen LogP contribution in [0.1, 0.15) is 0 Å². The van der Waals surface area contributed by atoms with E-state index in [0.29, 0.717) is 0 Å². The molecule has 4 amide bonds. The zero-order valence-corrected chi connectivity index (χ0v) is 4.54. The summed E-state index contributed by atoms with van der Waals surface area (Å²) in [7, 11) is 0. The lowest BCUT2D eigenvalue weighted by molar-refractivity contribution is 0.232. The number of carbonyl (C=O) groups excluding carboxylic acids is 2. The Hall–Kier alpha value is -0.910. The van der Waals surface area contributed by atoms with Crippen LogP contribution in [0.4, 0.5) is 9.59 Å². The lowest BCUT2D eigenvalue weighted by Crippen LogP contribution is -2.47. The van der Waals surface area contributed by atoms with Crippen molar-refractivity contribution in [1.82, 2.24) is 14.8 Å². The predicted octanol–water partition coefficient (Wildman–Crippen LogP) is -0.428. The van der Waals surface area contributed by atoms with Crippen LogP contribution in [0.15, 0.2) is 0 Å². The molecule has 0 aromatic carbocycles. The minimum absolute atomic E-state index is 0.487. The summed E-state index contributed by atoms with van der Waals surface area (Å²) in [5, 5.41) is 1.96. The Morgan fingerprint density at radius 1 is 1.12 bits per heavy atom. The topological polar surface area (TPSA) is 70.2 Å². The first-order chi connectivity index (χ1) is 3.79. The SMILES string of the molecule is O=C1NSNC(=O)N1. The number of carbonyl (C=O) groups is 2. The highest BCUT2D eigenvalue weighted by Gasteiger charge is 2.11. The zero-order chi connectivity index (χ0) is 5.98. The summed E-state index contributed by atoms with van der Waals surface area (Å²) in [5.74, 6) is 0. The summed E-state index contributed by atoms with van der Waals surface area (Å²) >= 11 is 0.850. The van der Waals surface area contributed by atoms with Crippen LogP contribution in [0.5, 0.6) is 0 Å². The van der Waals surface area contributed by atoms with Gasteiger partial charge in [-0.1, -0.05) is 0 Å². The van der Waals surface area contributed by atoms with Crippen LogP contribution < -0.4 is 14.8 Å². The van der Waals surface area contributed by atoms with Crippen LogP contribution in [0.25, 0.3) is 0 Å². The van der Waals surface area contributed by atoms with Gasteiger partial charge in [-0.2, -0.15) is 0 Å². The standard InChI is InChI=1S/C2H3N3O2S/c6-1-3-2(7)5-8-4-1/h(H3,3,4,5,6,7). The molecule has 0 atom stereocenters. The molecule has 0 aliphatic carbocycles. The Labute approximate surface area is 49.5 Å². The second kappa shape index (κ2) is 1.91. The summed E-state index contributed by atoms with van der Waals surface area (Å²) < 4.78 is 4.49. The lowest BCUT2D eigenvalue weighted by Gasteiger charge is -2.10. The molecular weight excluding hydrogens is 130 g/mol. The minimum atomic E-state index is -0.487. The fourth-order valence-electron chi connectivity index (χ4n) is 0.272. The maximum absolute atomic E-state index is 10.2. The summed E-state index contributed by atoms with van der Waals surface area (Å²) in [4.78, 5) is 20.3. The third-order valence-corrected chi connectivity index (χ3v) is 1.09. The van der Waals surface area contributed by atoms with E-state index in [4.69, 9.17) is 0 Å². The van der Waals surface area contributed by atoms with E-state index >= 15 is 0 Å². The van der Waals surface area contributed by atoms with Gasteiger partial charge in [0.25, 0.3) is 0 Å². The molecule has 44 valence electrons. The van der Waals surface area contributed by atoms with Crippen molar-refractivity contribution < 1.29 is 9.59 Å². The van der Waals surface area contributed by atoms with E-state index in [1.54, 1.807) is 0 Å². The smallest absolute Gasteiger partial charge is 0.263 e. The van der Waals surface area contributed by atoms with Gasteiger partial charge in [-0.25, -0.2) is 9.59 Å². The normalized spacial score (nSPS) is 18.5. The zero-order valence-electron chi connectivity index (χ0n) is 3.72. The molecule has 1 aliphatic heterocycles. The van der Waals surface area contributed by atoms with Gasteiger partial charge in [0.15, 0.2) is 0 Å². The van der Waals surface area contributed by atoms with Crippen LogP contribution in [-0.4, -0.2) is 12.1 Å². The molecule has 3 N–H and O–H groups in total. The van der Waals surface area contributed by atoms with Gasteiger partial charge >= 0.3 is 12.1 Å². The fourth-order valence-corrected chi connectivity index (χ4v) is 0.611. The van der Waals surface area contributed by atoms with Crippen molar-refractivity contribution in [3.05, 3.63) is 0 Å². The Morgan fingerprint density at radius 3 is 1.88 bits per heavy atom. The molecule has 8 heavy (non-hydrogen) atoms. The second-order valence-corrected chi connectivity index (χ2v) is 1.70. The molecule has 0 saturated carbocycles. The highest BCUT2D eigenvalue weighted by molar-refractivity contribution is 7.96. The molecular formula is C2H3N3O2S. The fraction of sp³-hybridized carbons (Fsp3) is 0. The van der Waals surface area contributed by atoms with Crippen molar-refractivity contribution in [2.75, 3.05) is 0 Å². The van der Waals surface area contributed by atoms with Crippen molar-refractivity contribution in [2.45, 2.75) is 0 Å². The van der Waals surface area contributed by atoms with Crippen LogP contribution in [-0.2, 0) is 0 Å². The average molecular weight is 133 g/mol. The van der Waals surface area contributed by atoms with Crippen molar-refractivity contribution in [2.24, 2.45) is 0 Å². The van der Waals surface area contributed by atoms with Crippen LogP contribution in [0.2, 0.25) is 0 Å². The maximum Gasteiger partial charge on any atom is 0.334 e. The quantitative estimate of drug-likeness (QED) is 0.393.